The van der Waals surface area contributed by atoms with Crippen molar-refractivity contribution in [3.8, 4) is 11.5 Å². The third kappa shape index (κ3) is 5.93. The number of nitrogens with one attached hydrogen (secondary N) is 1. The van der Waals surface area contributed by atoms with Gasteiger partial charge in [0, 0.05) is 24.0 Å². The number of hydrogen-bond acceptors (Lipinski definition) is 7. The lowest BCUT2D eigenvalue weighted by atomic mass is 10.0. The van der Waals surface area contributed by atoms with Crippen LogP contribution in [0.4, 0.5) is 5.69 Å². The average molecular weight is 401 g/mol. The summed E-state index contributed by atoms with van der Waals surface area (Å²) in [5.41, 5.74) is 0.173. The molecule has 2 rings (SSSR count). The van der Waals surface area contributed by atoms with Gasteiger partial charge in [0.2, 0.25) is 0 Å². The zero-order valence-electron chi connectivity index (χ0n) is 16.0. The number of carbonyl (C=O) groups excluding carboxylic acids is 2. The fourth-order valence-corrected chi connectivity index (χ4v) is 2.65. The number of nitrogens with zero attached hydrogens (tertiary/aromatic N) is 1. The normalized spacial score (nSPS) is 11.4. The van der Waals surface area contributed by atoms with Gasteiger partial charge in [-0.1, -0.05) is 19.1 Å². The first kappa shape index (κ1) is 21.7. The van der Waals surface area contributed by atoms with E-state index in [2.05, 4.69) is 5.32 Å². The molecule has 0 bridgehead atoms. The van der Waals surface area contributed by atoms with Gasteiger partial charge in [0.15, 0.2) is 5.75 Å². The molecule has 9 nitrogen and oxygen atoms in total. The van der Waals surface area contributed by atoms with Crippen molar-refractivity contribution in [3.05, 3.63) is 63.7 Å². The minimum absolute atomic E-state index is 0.00347. The van der Waals surface area contributed by atoms with Crippen molar-refractivity contribution in [1.29, 1.82) is 0 Å². The van der Waals surface area contributed by atoms with Gasteiger partial charge in [0.25, 0.3) is 5.91 Å². The van der Waals surface area contributed by atoms with Crippen LogP contribution in [-0.2, 0) is 4.79 Å². The molecule has 2 aromatic carbocycles. The predicted molar refractivity (Wildman–Crippen MR) is 102 cm³/mol. The number of hydrogen-bond donors (Lipinski definition) is 1. The Bertz CT molecular complexity index is 881. The molecule has 0 heterocycles. The molecule has 1 atom stereocenters. The fourth-order valence-electron chi connectivity index (χ4n) is 2.65. The van der Waals surface area contributed by atoms with E-state index >= 15 is 0 Å². The molecule has 29 heavy (non-hydrogen) atoms. The van der Waals surface area contributed by atoms with E-state index in [1.165, 1.54) is 19.2 Å². The molecule has 0 aromatic heterocycles. The van der Waals surface area contributed by atoms with Crippen molar-refractivity contribution in [1.82, 2.24) is 5.32 Å². The van der Waals surface area contributed by atoms with Crippen molar-refractivity contribution in [2.75, 3.05) is 13.7 Å². The number of carboxylic acids is 1. The van der Waals surface area contributed by atoms with E-state index in [1.54, 1.807) is 24.3 Å². The van der Waals surface area contributed by atoms with Gasteiger partial charge in [-0.05, 0) is 36.2 Å². The summed E-state index contributed by atoms with van der Waals surface area (Å²) in [6.07, 6.45) is 0.387. The second-order valence-electron chi connectivity index (χ2n) is 6.16. The Morgan fingerprint density at radius 3 is 2.41 bits per heavy atom. The van der Waals surface area contributed by atoms with E-state index in [9.17, 15) is 24.8 Å². The number of carbonyl (C=O) groups is 2. The number of nitro benzene ring substituents is 1. The summed E-state index contributed by atoms with van der Waals surface area (Å²) in [7, 11) is 1.28. The summed E-state index contributed by atoms with van der Waals surface area (Å²) >= 11 is 0. The lowest BCUT2D eigenvalue weighted by molar-refractivity contribution is -0.385. The summed E-state index contributed by atoms with van der Waals surface area (Å²) < 4.78 is 10.4. The largest absolute Gasteiger partial charge is 0.550 e. The van der Waals surface area contributed by atoms with E-state index in [0.717, 1.165) is 12.5 Å². The van der Waals surface area contributed by atoms with Crippen molar-refractivity contribution in [2.45, 2.75) is 25.8 Å². The van der Waals surface area contributed by atoms with Crippen LogP contribution >= 0.6 is 0 Å². The van der Waals surface area contributed by atoms with E-state index in [4.69, 9.17) is 9.47 Å². The molecule has 0 saturated carbocycles. The standard InChI is InChI=1S/C20H22N2O7/c1-3-10-29-15-7-4-13(5-8-15)16(12-19(23)24)21-20(25)14-6-9-18(28-2)17(11-14)22(26)27/h4-9,11,16H,3,10,12H2,1-2H3,(H,21,25)(H,23,24)/p-1/t16-/m1/s1. The molecular formula is C20H21N2O7-. The highest BCUT2D eigenvalue weighted by atomic mass is 16.6. The second-order valence-corrected chi connectivity index (χ2v) is 6.16. The summed E-state index contributed by atoms with van der Waals surface area (Å²) in [6, 6.07) is 9.51. The third-order valence-corrected chi connectivity index (χ3v) is 4.07. The molecular weight excluding hydrogens is 380 g/mol. The summed E-state index contributed by atoms with van der Waals surface area (Å²) in [5, 5.41) is 24.9. The Hall–Kier alpha value is -3.62. The van der Waals surface area contributed by atoms with Crippen molar-refractivity contribution >= 4 is 17.6 Å². The van der Waals surface area contributed by atoms with E-state index in [1.807, 2.05) is 6.92 Å². The van der Waals surface area contributed by atoms with Gasteiger partial charge in [-0.2, -0.15) is 0 Å². The molecule has 0 aliphatic heterocycles. The predicted octanol–water partition coefficient (Wildman–Crippen LogP) is 2.00. The molecule has 9 heteroatoms. The zero-order valence-corrected chi connectivity index (χ0v) is 16.0. The van der Waals surface area contributed by atoms with E-state index in [0.29, 0.717) is 17.9 Å². The Balaban J connectivity index is 2.23. The van der Waals surface area contributed by atoms with Crippen LogP contribution in [0.5, 0.6) is 11.5 Å². The number of nitro groups is 1. The molecule has 0 aliphatic carbocycles. The van der Waals surface area contributed by atoms with Gasteiger partial charge < -0.3 is 24.7 Å². The Labute approximate surface area is 167 Å². The number of aliphatic carboxylic acids is 1. The zero-order chi connectivity index (χ0) is 21.4. The molecule has 2 aromatic rings. The van der Waals surface area contributed by atoms with E-state index in [-0.39, 0.29) is 17.0 Å². The number of benzene rings is 2. The fraction of sp³-hybridized carbons (Fsp3) is 0.300. The first-order chi connectivity index (χ1) is 13.8. The van der Waals surface area contributed by atoms with Crippen LogP contribution in [0, 0.1) is 10.1 Å². The second kappa shape index (κ2) is 10.1. The van der Waals surface area contributed by atoms with Gasteiger partial charge in [-0.3, -0.25) is 14.9 Å². The van der Waals surface area contributed by atoms with Crippen LogP contribution in [0.25, 0.3) is 0 Å². The minimum Gasteiger partial charge on any atom is -0.550 e. The molecule has 154 valence electrons. The molecule has 1 N–H and O–H groups in total. The highest BCUT2D eigenvalue weighted by Crippen LogP contribution is 2.28. The van der Waals surface area contributed by atoms with Crippen LogP contribution < -0.4 is 19.9 Å². The van der Waals surface area contributed by atoms with E-state index < -0.39 is 29.3 Å². The maximum Gasteiger partial charge on any atom is 0.311 e. The monoisotopic (exact) mass is 401 g/mol. The molecule has 0 fully saturated rings. The quantitative estimate of drug-likeness (QED) is 0.476. The van der Waals surface area contributed by atoms with Crippen LogP contribution in [0.2, 0.25) is 0 Å². The first-order valence-electron chi connectivity index (χ1n) is 8.91. The maximum absolute atomic E-state index is 12.6. The van der Waals surface area contributed by atoms with Gasteiger partial charge in [-0.25, -0.2) is 0 Å². The maximum atomic E-state index is 12.6. The molecule has 0 unspecified atom stereocenters. The molecule has 0 spiro atoms. The molecule has 0 saturated heterocycles. The van der Waals surface area contributed by atoms with Crippen LogP contribution in [0.1, 0.15) is 41.7 Å². The topological polar surface area (TPSA) is 131 Å². The Morgan fingerprint density at radius 1 is 1.17 bits per heavy atom. The lowest BCUT2D eigenvalue weighted by Crippen LogP contribution is -2.34. The third-order valence-electron chi connectivity index (χ3n) is 4.07. The molecule has 0 radical (unpaired) electrons. The molecule has 1 amide bonds. The summed E-state index contributed by atoms with van der Waals surface area (Å²) in [4.78, 5) is 34.2. The van der Waals surface area contributed by atoms with Crippen LogP contribution in [-0.4, -0.2) is 30.5 Å². The highest BCUT2D eigenvalue weighted by molar-refractivity contribution is 5.95. The molecule has 0 aliphatic rings. The number of ether oxygens (including phenoxy) is 2. The first-order valence-corrected chi connectivity index (χ1v) is 8.91. The minimum atomic E-state index is -1.35. The number of carboxylic acid groups (broad SMARTS) is 1. The number of amides is 1. The number of methoxy groups -OCH3 is 1. The Morgan fingerprint density at radius 2 is 1.86 bits per heavy atom. The van der Waals surface area contributed by atoms with Gasteiger partial charge in [-0.15, -0.1) is 0 Å². The average Bonchev–Trinajstić information content (AvgIpc) is 2.71. The van der Waals surface area contributed by atoms with Gasteiger partial charge in [0.1, 0.15) is 5.75 Å². The van der Waals surface area contributed by atoms with Crippen LogP contribution in [0.3, 0.4) is 0 Å². The number of rotatable bonds is 10. The van der Waals surface area contributed by atoms with Crippen molar-refractivity contribution in [2.24, 2.45) is 0 Å². The summed E-state index contributed by atoms with van der Waals surface area (Å²) in [5.74, 6) is -1.36. The van der Waals surface area contributed by atoms with Crippen molar-refractivity contribution in [3.63, 3.8) is 0 Å². The highest BCUT2D eigenvalue weighted by Gasteiger charge is 2.21. The van der Waals surface area contributed by atoms with Crippen molar-refractivity contribution < 1.29 is 29.1 Å². The van der Waals surface area contributed by atoms with Crippen LogP contribution in [0.15, 0.2) is 42.5 Å². The van der Waals surface area contributed by atoms with Gasteiger partial charge >= 0.3 is 5.69 Å². The summed E-state index contributed by atoms with van der Waals surface area (Å²) in [6.45, 7) is 2.53. The Kier molecular flexibility index (Phi) is 7.53. The lowest BCUT2D eigenvalue weighted by Gasteiger charge is -2.20. The SMILES string of the molecule is CCCOc1ccc([C@@H](CC(=O)[O-])NC(=O)c2ccc(OC)c([N+](=O)[O-])c2)cc1. The van der Waals surface area contributed by atoms with Gasteiger partial charge in [0.05, 0.1) is 24.7 Å². The smallest absolute Gasteiger partial charge is 0.311 e.